The normalized spacial score (nSPS) is 18.9. The molecule has 116 valence electrons. The molecule has 1 aromatic carbocycles. The molecular weight excluding hydrogens is 270 g/mol. The molecule has 1 saturated heterocycles. The Balaban J connectivity index is 2.01. The van der Waals surface area contributed by atoms with Crippen LogP contribution in [0.5, 0.6) is 0 Å². The Bertz CT molecular complexity index is 464. The van der Waals surface area contributed by atoms with Gasteiger partial charge in [-0.25, -0.2) is 0 Å². The molecule has 1 aromatic rings. The summed E-state index contributed by atoms with van der Waals surface area (Å²) in [5.74, 6) is 0. The summed E-state index contributed by atoms with van der Waals surface area (Å²) >= 11 is 0. The molecule has 0 spiro atoms. The van der Waals surface area contributed by atoms with Crippen molar-refractivity contribution in [3.8, 4) is 0 Å². The zero-order valence-corrected chi connectivity index (χ0v) is 12.7. The fourth-order valence-corrected chi connectivity index (χ4v) is 2.91. The van der Waals surface area contributed by atoms with Gasteiger partial charge in [0.1, 0.15) is 0 Å². The van der Waals surface area contributed by atoms with Gasteiger partial charge in [-0.05, 0) is 25.5 Å². The number of rotatable bonds is 7. The average molecular weight is 293 g/mol. The number of nitro groups is 1. The van der Waals surface area contributed by atoms with E-state index in [0.717, 1.165) is 44.9 Å². The predicted molar refractivity (Wildman–Crippen MR) is 82.8 cm³/mol. The molecule has 0 bridgehead atoms. The second-order valence-corrected chi connectivity index (χ2v) is 5.30. The summed E-state index contributed by atoms with van der Waals surface area (Å²) in [7, 11) is 1.72. The lowest BCUT2D eigenvalue weighted by atomic mass is 10.2. The summed E-state index contributed by atoms with van der Waals surface area (Å²) in [4.78, 5) is 15.1. The van der Waals surface area contributed by atoms with E-state index in [1.165, 1.54) is 0 Å². The number of hydrogen-bond donors (Lipinski definition) is 0. The van der Waals surface area contributed by atoms with Crippen LogP contribution < -0.4 is 4.90 Å². The van der Waals surface area contributed by atoms with Gasteiger partial charge in [0.15, 0.2) is 0 Å². The number of ether oxygens (including phenoxy) is 1. The SMILES string of the molecule is CCN(c1ccc([N+](=O)[O-])cc1)C1CCN(CCOC)C1. The van der Waals surface area contributed by atoms with E-state index < -0.39 is 0 Å². The maximum Gasteiger partial charge on any atom is 0.269 e. The van der Waals surface area contributed by atoms with Gasteiger partial charge in [-0.1, -0.05) is 0 Å². The second kappa shape index (κ2) is 7.38. The highest BCUT2D eigenvalue weighted by molar-refractivity contribution is 5.51. The average Bonchev–Trinajstić information content (AvgIpc) is 2.95. The van der Waals surface area contributed by atoms with Crippen molar-refractivity contribution < 1.29 is 9.66 Å². The summed E-state index contributed by atoms with van der Waals surface area (Å²) in [6.07, 6.45) is 1.12. The highest BCUT2D eigenvalue weighted by atomic mass is 16.6. The Morgan fingerprint density at radius 1 is 1.43 bits per heavy atom. The lowest BCUT2D eigenvalue weighted by molar-refractivity contribution is -0.384. The van der Waals surface area contributed by atoms with Crippen molar-refractivity contribution in [1.29, 1.82) is 0 Å². The molecule has 0 aliphatic carbocycles. The van der Waals surface area contributed by atoms with E-state index in [1.807, 2.05) is 12.1 Å². The van der Waals surface area contributed by atoms with E-state index in [4.69, 9.17) is 4.74 Å². The van der Waals surface area contributed by atoms with Gasteiger partial charge in [0.05, 0.1) is 11.5 Å². The molecule has 1 unspecified atom stereocenters. The zero-order chi connectivity index (χ0) is 15.2. The molecule has 2 rings (SSSR count). The lowest BCUT2D eigenvalue weighted by Crippen LogP contribution is -2.38. The highest BCUT2D eigenvalue weighted by Gasteiger charge is 2.27. The standard InChI is InChI=1S/C15H23N3O3/c1-3-17(13-4-6-14(7-5-13)18(19)20)15-8-9-16(12-15)10-11-21-2/h4-7,15H,3,8-12H2,1-2H3. The lowest BCUT2D eigenvalue weighted by Gasteiger charge is -2.30. The molecule has 1 aliphatic rings. The molecule has 0 aromatic heterocycles. The number of likely N-dealkylation sites (tertiary alicyclic amines) is 1. The van der Waals surface area contributed by atoms with Gasteiger partial charge in [0.25, 0.3) is 5.69 Å². The number of methoxy groups -OCH3 is 1. The molecule has 21 heavy (non-hydrogen) atoms. The van der Waals surface area contributed by atoms with Crippen molar-refractivity contribution in [2.45, 2.75) is 19.4 Å². The van der Waals surface area contributed by atoms with Crippen LogP contribution >= 0.6 is 0 Å². The molecule has 0 amide bonds. The third kappa shape index (κ3) is 3.92. The van der Waals surface area contributed by atoms with Gasteiger partial charge < -0.3 is 9.64 Å². The van der Waals surface area contributed by atoms with Crippen LogP contribution in [0.25, 0.3) is 0 Å². The van der Waals surface area contributed by atoms with Crippen molar-refractivity contribution in [3.63, 3.8) is 0 Å². The van der Waals surface area contributed by atoms with Crippen molar-refractivity contribution in [1.82, 2.24) is 4.90 Å². The Morgan fingerprint density at radius 2 is 2.14 bits per heavy atom. The monoisotopic (exact) mass is 293 g/mol. The minimum absolute atomic E-state index is 0.142. The van der Waals surface area contributed by atoms with Crippen LogP contribution in [0.3, 0.4) is 0 Å². The van der Waals surface area contributed by atoms with Crippen LogP contribution in [0.2, 0.25) is 0 Å². The number of nitro benzene ring substituents is 1. The van der Waals surface area contributed by atoms with E-state index in [1.54, 1.807) is 19.2 Å². The minimum Gasteiger partial charge on any atom is -0.383 e. The Kier molecular flexibility index (Phi) is 5.52. The van der Waals surface area contributed by atoms with Crippen molar-refractivity contribution >= 4 is 11.4 Å². The summed E-state index contributed by atoms with van der Waals surface area (Å²) < 4.78 is 5.13. The number of hydrogen-bond acceptors (Lipinski definition) is 5. The third-order valence-corrected chi connectivity index (χ3v) is 4.03. The van der Waals surface area contributed by atoms with E-state index >= 15 is 0 Å². The smallest absolute Gasteiger partial charge is 0.269 e. The van der Waals surface area contributed by atoms with Gasteiger partial charge in [-0.3, -0.25) is 15.0 Å². The number of nitrogens with zero attached hydrogens (tertiary/aromatic N) is 3. The van der Waals surface area contributed by atoms with Gasteiger partial charge in [-0.2, -0.15) is 0 Å². The fraction of sp³-hybridized carbons (Fsp3) is 0.600. The number of non-ortho nitro benzene ring substituents is 1. The molecule has 1 fully saturated rings. The molecule has 0 N–H and O–H groups in total. The molecule has 0 saturated carbocycles. The molecule has 0 radical (unpaired) electrons. The molecule has 1 atom stereocenters. The van der Waals surface area contributed by atoms with Crippen LogP contribution in [0.1, 0.15) is 13.3 Å². The first-order valence-electron chi connectivity index (χ1n) is 7.38. The van der Waals surface area contributed by atoms with Gasteiger partial charge in [0, 0.05) is 57.2 Å². The van der Waals surface area contributed by atoms with Gasteiger partial charge >= 0.3 is 0 Å². The largest absolute Gasteiger partial charge is 0.383 e. The van der Waals surface area contributed by atoms with E-state index in [-0.39, 0.29) is 10.6 Å². The van der Waals surface area contributed by atoms with Crippen molar-refractivity contribution in [2.75, 3.05) is 44.8 Å². The topological polar surface area (TPSA) is 58.8 Å². The van der Waals surface area contributed by atoms with Gasteiger partial charge in [-0.15, -0.1) is 0 Å². The Hall–Kier alpha value is -1.66. The first kappa shape index (κ1) is 15.7. The van der Waals surface area contributed by atoms with Crippen molar-refractivity contribution in [3.05, 3.63) is 34.4 Å². The number of likely N-dealkylation sites (N-methyl/N-ethyl adjacent to an activating group) is 1. The van der Waals surface area contributed by atoms with Crippen LogP contribution in [0.4, 0.5) is 11.4 Å². The van der Waals surface area contributed by atoms with Gasteiger partial charge in [0.2, 0.25) is 0 Å². The van der Waals surface area contributed by atoms with Crippen LogP contribution in [-0.2, 0) is 4.74 Å². The summed E-state index contributed by atoms with van der Waals surface area (Å²) in [6.45, 7) is 6.85. The molecule has 6 nitrogen and oxygen atoms in total. The molecule has 1 heterocycles. The first-order chi connectivity index (χ1) is 10.2. The Labute approximate surface area is 125 Å². The summed E-state index contributed by atoms with van der Waals surface area (Å²) in [5, 5.41) is 10.7. The predicted octanol–water partition coefficient (Wildman–Crippen LogP) is 2.14. The highest BCUT2D eigenvalue weighted by Crippen LogP contribution is 2.25. The summed E-state index contributed by atoms with van der Waals surface area (Å²) in [6, 6.07) is 7.32. The number of benzene rings is 1. The van der Waals surface area contributed by atoms with E-state index in [2.05, 4.69) is 16.7 Å². The number of anilines is 1. The van der Waals surface area contributed by atoms with Crippen LogP contribution in [-0.4, -0.2) is 55.8 Å². The maximum atomic E-state index is 10.7. The van der Waals surface area contributed by atoms with Crippen LogP contribution in [0, 0.1) is 10.1 Å². The quantitative estimate of drug-likeness (QED) is 0.569. The zero-order valence-electron chi connectivity index (χ0n) is 12.7. The molecular formula is C15H23N3O3. The third-order valence-electron chi connectivity index (χ3n) is 4.03. The minimum atomic E-state index is -0.359. The Morgan fingerprint density at radius 3 is 2.71 bits per heavy atom. The van der Waals surface area contributed by atoms with Crippen molar-refractivity contribution in [2.24, 2.45) is 0 Å². The fourth-order valence-electron chi connectivity index (χ4n) is 2.91. The second-order valence-electron chi connectivity index (χ2n) is 5.30. The first-order valence-corrected chi connectivity index (χ1v) is 7.38. The molecule has 1 aliphatic heterocycles. The maximum absolute atomic E-state index is 10.7. The van der Waals surface area contributed by atoms with E-state index in [0.29, 0.717) is 6.04 Å². The van der Waals surface area contributed by atoms with Crippen LogP contribution in [0.15, 0.2) is 24.3 Å². The molecule has 6 heteroatoms. The summed E-state index contributed by atoms with van der Waals surface area (Å²) in [5.41, 5.74) is 1.20. The van der Waals surface area contributed by atoms with E-state index in [9.17, 15) is 10.1 Å².